The van der Waals surface area contributed by atoms with Gasteiger partial charge in [0.25, 0.3) is 0 Å². The van der Waals surface area contributed by atoms with E-state index in [9.17, 15) is 13.2 Å². The summed E-state index contributed by atoms with van der Waals surface area (Å²) in [6.45, 7) is 0. The highest BCUT2D eigenvalue weighted by Crippen LogP contribution is 2.35. The molecule has 0 saturated carbocycles. The smallest absolute Gasteiger partial charge is 0.345 e. The first-order valence-corrected chi connectivity index (χ1v) is 5.88. The van der Waals surface area contributed by atoms with Gasteiger partial charge < -0.3 is 5.32 Å². The highest BCUT2D eigenvalue weighted by molar-refractivity contribution is 7.80. The van der Waals surface area contributed by atoms with Crippen molar-refractivity contribution in [2.45, 2.75) is 12.1 Å². The Morgan fingerprint density at radius 2 is 1.84 bits per heavy atom. The SMILES string of the molecule is N#C[C@@H]1C(=S)NC(C(F)(F)F)=C[C@H]1c1ccccc1. The maximum absolute atomic E-state index is 12.8. The molecule has 1 aliphatic heterocycles. The molecular weight excluding hydrogens is 273 g/mol. The van der Waals surface area contributed by atoms with Crippen molar-refractivity contribution in [3.05, 3.63) is 47.7 Å². The molecular formula is C13H9F3N2S. The molecule has 1 aliphatic rings. The third-order valence-corrected chi connectivity index (χ3v) is 3.23. The molecule has 0 amide bonds. The van der Waals surface area contributed by atoms with Crippen LogP contribution in [0.4, 0.5) is 13.2 Å². The molecule has 0 bridgehead atoms. The minimum atomic E-state index is -4.50. The van der Waals surface area contributed by atoms with Crippen molar-refractivity contribution in [1.82, 2.24) is 5.32 Å². The molecule has 0 aromatic heterocycles. The highest BCUT2D eigenvalue weighted by Gasteiger charge is 2.41. The average molecular weight is 282 g/mol. The van der Waals surface area contributed by atoms with Crippen LogP contribution < -0.4 is 5.32 Å². The number of allylic oxidation sites excluding steroid dienone is 2. The molecule has 1 aromatic rings. The van der Waals surface area contributed by atoms with Crippen LogP contribution in [-0.2, 0) is 0 Å². The molecule has 0 spiro atoms. The van der Waals surface area contributed by atoms with Gasteiger partial charge in [0.2, 0.25) is 0 Å². The van der Waals surface area contributed by atoms with E-state index in [1.165, 1.54) is 0 Å². The first-order valence-electron chi connectivity index (χ1n) is 5.48. The van der Waals surface area contributed by atoms with Gasteiger partial charge in [-0.25, -0.2) is 0 Å². The number of thiocarbonyl (C=S) groups is 1. The molecule has 2 nitrogen and oxygen atoms in total. The molecule has 0 unspecified atom stereocenters. The van der Waals surface area contributed by atoms with Gasteiger partial charge in [-0.15, -0.1) is 0 Å². The van der Waals surface area contributed by atoms with Gasteiger partial charge in [-0.2, -0.15) is 18.4 Å². The van der Waals surface area contributed by atoms with E-state index in [0.29, 0.717) is 5.56 Å². The highest BCUT2D eigenvalue weighted by atomic mass is 32.1. The Kier molecular flexibility index (Phi) is 3.58. The maximum Gasteiger partial charge on any atom is 0.430 e. The number of alkyl halides is 3. The number of halogens is 3. The van der Waals surface area contributed by atoms with Gasteiger partial charge in [0.1, 0.15) is 11.6 Å². The number of rotatable bonds is 1. The fourth-order valence-electron chi connectivity index (χ4n) is 1.96. The van der Waals surface area contributed by atoms with E-state index in [4.69, 9.17) is 17.5 Å². The zero-order valence-electron chi connectivity index (χ0n) is 9.61. The molecule has 0 saturated heterocycles. The van der Waals surface area contributed by atoms with Crippen molar-refractivity contribution >= 4 is 17.2 Å². The molecule has 19 heavy (non-hydrogen) atoms. The molecule has 0 radical (unpaired) electrons. The zero-order valence-corrected chi connectivity index (χ0v) is 10.4. The Morgan fingerprint density at radius 3 is 2.37 bits per heavy atom. The second-order valence-corrected chi connectivity index (χ2v) is 4.55. The quantitative estimate of drug-likeness (QED) is 0.803. The van der Waals surface area contributed by atoms with E-state index in [1.54, 1.807) is 30.3 Å². The molecule has 6 heteroatoms. The largest absolute Gasteiger partial charge is 0.430 e. The normalized spacial score (nSPS) is 23.3. The Hall–Kier alpha value is -1.87. The van der Waals surface area contributed by atoms with E-state index in [2.05, 4.69) is 5.32 Å². The summed E-state index contributed by atoms with van der Waals surface area (Å²) in [6, 6.07) is 10.5. The molecule has 98 valence electrons. The summed E-state index contributed by atoms with van der Waals surface area (Å²) in [4.78, 5) is -0.0915. The third kappa shape index (κ3) is 2.76. The topological polar surface area (TPSA) is 35.8 Å². The lowest BCUT2D eigenvalue weighted by Gasteiger charge is -2.29. The van der Waals surface area contributed by atoms with Gasteiger partial charge >= 0.3 is 6.18 Å². The molecule has 0 aliphatic carbocycles. The number of nitrogens with zero attached hydrogens (tertiary/aromatic N) is 1. The average Bonchev–Trinajstić information content (AvgIpc) is 2.37. The summed E-state index contributed by atoms with van der Waals surface area (Å²) in [5, 5.41) is 11.2. The van der Waals surface area contributed by atoms with E-state index >= 15 is 0 Å². The van der Waals surface area contributed by atoms with Crippen LogP contribution in [0.5, 0.6) is 0 Å². The van der Waals surface area contributed by atoms with E-state index in [-0.39, 0.29) is 4.99 Å². The Bertz CT molecular complexity index is 557. The summed E-state index contributed by atoms with van der Waals surface area (Å²) < 4.78 is 38.3. The molecule has 1 N–H and O–H groups in total. The Morgan fingerprint density at radius 1 is 1.21 bits per heavy atom. The lowest BCUT2D eigenvalue weighted by atomic mass is 9.83. The van der Waals surface area contributed by atoms with Crippen LogP contribution in [0, 0.1) is 17.2 Å². The summed E-state index contributed by atoms with van der Waals surface area (Å²) in [5.41, 5.74) is -0.266. The zero-order chi connectivity index (χ0) is 14.0. The Balaban J connectivity index is 2.48. The summed E-state index contributed by atoms with van der Waals surface area (Å²) in [5.74, 6) is -1.47. The van der Waals surface area contributed by atoms with Gasteiger partial charge in [-0.05, 0) is 11.6 Å². The number of nitriles is 1. The lowest BCUT2D eigenvalue weighted by Crippen LogP contribution is -2.40. The van der Waals surface area contributed by atoms with E-state index < -0.39 is 23.7 Å². The van der Waals surface area contributed by atoms with Crippen molar-refractivity contribution in [2.24, 2.45) is 5.92 Å². The lowest BCUT2D eigenvalue weighted by molar-refractivity contribution is -0.0956. The van der Waals surface area contributed by atoms with Crippen LogP contribution in [0.1, 0.15) is 11.5 Å². The van der Waals surface area contributed by atoms with Crippen molar-refractivity contribution in [3.8, 4) is 6.07 Å². The predicted octanol–water partition coefficient (Wildman–Crippen LogP) is 3.29. The third-order valence-electron chi connectivity index (χ3n) is 2.87. The van der Waals surface area contributed by atoms with Crippen LogP contribution in [0.2, 0.25) is 0 Å². The fourth-order valence-corrected chi connectivity index (χ4v) is 2.27. The van der Waals surface area contributed by atoms with Gasteiger partial charge in [0.05, 0.1) is 11.1 Å². The van der Waals surface area contributed by atoms with Crippen LogP contribution in [0.3, 0.4) is 0 Å². The van der Waals surface area contributed by atoms with Crippen LogP contribution in [-0.4, -0.2) is 11.2 Å². The number of benzene rings is 1. The first-order chi connectivity index (χ1) is 8.93. The van der Waals surface area contributed by atoms with Gasteiger partial charge in [-0.1, -0.05) is 42.5 Å². The second kappa shape index (κ2) is 5.02. The summed E-state index contributed by atoms with van der Waals surface area (Å²) >= 11 is 4.87. The first kappa shape index (κ1) is 13.6. The molecule has 1 heterocycles. The summed E-state index contributed by atoms with van der Waals surface area (Å²) in [7, 11) is 0. The maximum atomic E-state index is 12.8. The number of hydrogen-bond donors (Lipinski definition) is 1. The van der Waals surface area contributed by atoms with Crippen molar-refractivity contribution in [1.29, 1.82) is 5.26 Å². The number of hydrogen-bond acceptors (Lipinski definition) is 2. The molecule has 1 aromatic carbocycles. The van der Waals surface area contributed by atoms with Gasteiger partial charge in [0, 0.05) is 5.92 Å². The van der Waals surface area contributed by atoms with E-state index in [0.717, 1.165) is 6.08 Å². The summed E-state index contributed by atoms with van der Waals surface area (Å²) in [6.07, 6.45) is -3.48. The molecule has 2 atom stereocenters. The van der Waals surface area contributed by atoms with Crippen LogP contribution >= 0.6 is 12.2 Å². The molecule has 0 fully saturated rings. The Labute approximate surface area is 113 Å². The molecule has 2 rings (SSSR count). The van der Waals surface area contributed by atoms with Crippen molar-refractivity contribution in [2.75, 3.05) is 0 Å². The number of nitrogens with one attached hydrogen (secondary N) is 1. The predicted molar refractivity (Wildman–Crippen MR) is 68.2 cm³/mol. The van der Waals surface area contributed by atoms with E-state index in [1.807, 2.05) is 6.07 Å². The van der Waals surface area contributed by atoms with Crippen LogP contribution in [0.15, 0.2) is 42.1 Å². The second-order valence-electron chi connectivity index (χ2n) is 4.11. The van der Waals surface area contributed by atoms with Crippen molar-refractivity contribution in [3.63, 3.8) is 0 Å². The van der Waals surface area contributed by atoms with Crippen LogP contribution in [0.25, 0.3) is 0 Å². The minimum Gasteiger partial charge on any atom is -0.345 e. The van der Waals surface area contributed by atoms with Crippen molar-refractivity contribution < 1.29 is 13.2 Å². The standard InChI is InChI=1S/C13H9F3N2S/c14-13(15,16)11-6-9(8-4-2-1-3-5-8)10(7-17)12(19)18-11/h1-6,9-10H,(H,18,19)/t9-,10-/m0/s1. The minimum absolute atomic E-state index is 0.0915. The van der Waals surface area contributed by atoms with Gasteiger partial charge in [-0.3, -0.25) is 0 Å². The fraction of sp³-hybridized carbons (Fsp3) is 0.231. The monoisotopic (exact) mass is 282 g/mol. The van der Waals surface area contributed by atoms with Gasteiger partial charge in [0.15, 0.2) is 0 Å².